The van der Waals surface area contributed by atoms with Crippen LogP contribution >= 0.6 is 11.3 Å². The minimum atomic E-state index is -1.26. The van der Waals surface area contributed by atoms with Crippen molar-refractivity contribution in [2.24, 2.45) is 5.92 Å². The highest BCUT2D eigenvalue weighted by Gasteiger charge is 2.54. The van der Waals surface area contributed by atoms with Crippen LogP contribution in [0.2, 0.25) is 0 Å². The van der Waals surface area contributed by atoms with E-state index in [0.29, 0.717) is 33.3 Å². The van der Waals surface area contributed by atoms with Crippen LogP contribution in [0.5, 0.6) is 11.5 Å². The van der Waals surface area contributed by atoms with E-state index in [1.807, 2.05) is 25.1 Å². The number of anilines is 1. The van der Waals surface area contributed by atoms with Crippen LogP contribution < -0.4 is 14.4 Å². The largest absolute Gasteiger partial charge is 0.497 e. The Balaban J connectivity index is 1.73. The second-order valence-electron chi connectivity index (χ2n) is 8.27. The van der Waals surface area contributed by atoms with Gasteiger partial charge < -0.3 is 9.47 Å². The fourth-order valence-electron chi connectivity index (χ4n) is 4.43. The lowest BCUT2D eigenvalue weighted by molar-refractivity contribution is -0.135. The number of ketones is 2. The van der Waals surface area contributed by atoms with E-state index in [4.69, 9.17) is 9.47 Å². The van der Waals surface area contributed by atoms with E-state index in [-0.39, 0.29) is 0 Å². The molecule has 1 saturated heterocycles. The number of Topliss-reactive ketones (excluding diaryl/α,β-unsaturated/α-hetero) is 2. The molecule has 2 heterocycles. The molecular weight excluding hydrogens is 464 g/mol. The van der Waals surface area contributed by atoms with Gasteiger partial charge in [-0.05, 0) is 42.8 Å². The second kappa shape index (κ2) is 8.96. The van der Waals surface area contributed by atoms with Gasteiger partial charge in [-0.15, -0.1) is 0 Å². The Morgan fingerprint density at radius 2 is 1.74 bits per heavy atom. The van der Waals surface area contributed by atoms with Gasteiger partial charge in [-0.1, -0.05) is 47.7 Å². The lowest BCUT2D eigenvalue weighted by atomic mass is 9.86. The van der Waals surface area contributed by atoms with Crippen molar-refractivity contribution in [3.8, 4) is 11.5 Å². The quantitative estimate of drug-likeness (QED) is 0.222. The van der Waals surface area contributed by atoms with Crippen molar-refractivity contribution in [1.82, 2.24) is 4.98 Å². The fourth-order valence-corrected chi connectivity index (χ4v) is 5.53. The van der Waals surface area contributed by atoms with Crippen LogP contribution in [0, 0.1) is 12.8 Å². The number of benzene rings is 3. The summed E-state index contributed by atoms with van der Waals surface area (Å²) in [5, 5.41) is 0.349. The van der Waals surface area contributed by atoms with Gasteiger partial charge in [0.1, 0.15) is 17.4 Å². The van der Waals surface area contributed by atoms with Crippen LogP contribution in [0.15, 0.2) is 66.7 Å². The lowest BCUT2D eigenvalue weighted by Gasteiger charge is -2.26. The van der Waals surface area contributed by atoms with Gasteiger partial charge in [-0.3, -0.25) is 19.3 Å². The van der Waals surface area contributed by atoms with Crippen LogP contribution in [0.1, 0.15) is 27.5 Å². The number of hydrogen-bond donors (Lipinski definition) is 0. The Kier molecular flexibility index (Phi) is 5.82. The summed E-state index contributed by atoms with van der Waals surface area (Å²) in [6.07, 6.45) is 0. The molecule has 35 heavy (non-hydrogen) atoms. The van der Waals surface area contributed by atoms with Gasteiger partial charge >= 0.3 is 0 Å². The predicted molar refractivity (Wildman–Crippen MR) is 133 cm³/mol. The molecule has 1 aromatic heterocycles. The summed E-state index contributed by atoms with van der Waals surface area (Å²) in [6.45, 7) is 1.97. The van der Waals surface area contributed by atoms with E-state index in [1.165, 1.54) is 30.5 Å². The minimum absolute atomic E-state index is 0.349. The third-order valence-corrected chi connectivity index (χ3v) is 7.16. The van der Waals surface area contributed by atoms with Crippen LogP contribution in [0.25, 0.3) is 10.2 Å². The maximum atomic E-state index is 13.6. The van der Waals surface area contributed by atoms with E-state index in [0.717, 1.165) is 10.3 Å². The number of nitrogens with zero attached hydrogens (tertiary/aromatic N) is 2. The van der Waals surface area contributed by atoms with Crippen molar-refractivity contribution in [2.75, 3.05) is 19.1 Å². The first kappa shape index (κ1) is 22.7. The molecule has 0 saturated carbocycles. The summed E-state index contributed by atoms with van der Waals surface area (Å²) in [5.41, 5.74) is 2.62. The zero-order chi connectivity index (χ0) is 24.7. The van der Waals surface area contributed by atoms with E-state index in [2.05, 4.69) is 4.98 Å². The van der Waals surface area contributed by atoms with Crippen molar-refractivity contribution in [3.63, 3.8) is 0 Å². The monoisotopic (exact) mass is 486 g/mol. The number of carbonyl (C=O) groups excluding carboxylic acids is 3. The fraction of sp³-hybridized carbons (Fsp3) is 0.185. The highest BCUT2D eigenvalue weighted by molar-refractivity contribution is 7.22. The average molecular weight is 487 g/mol. The van der Waals surface area contributed by atoms with Crippen molar-refractivity contribution in [2.45, 2.75) is 13.0 Å². The lowest BCUT2D eigenvalue weighted by Crippen LogP contribution is -2.31. The Labute approximate surface area is 205 Å². The number of thiazole rings is 1. The molecular formula is C27H22N2O5S. The van der Waals surface area contributed by atoms with Crippen LogP contribution in [-0.2, 0) is 9.59 Å². The number of methoxy groups -OCH3 is 2. The summed E-state index contributed by atoms with van der Waals surface area (Å²) in [7, 11) is 3.03. The number of aryl methyl sites for hydroxylation is 1. The summed E-state index contributed by atoms with van der Waals surface area (Å²) in [5.74, 6) is -2.29. The van der Waals surface area contributed by atoms with E-state index >= 15 is 0 Å². The molecule has 8 heteroatoms. The normalized spacial score (nSPS) is 17.7. The molecule has 1 aliphatic heterocycles. The molecule has 2 atom stereocenters. The topological polar surface area (TPSA) is 85.8 Å². The smallest absolute Gasteiger partial charge is 0.297 e. The molecule has 0 radical (unpaired) electrons. The Morgan fingerprint density at radius 1 is 0.971 bits per heavy atom. The van der Waals surface area contributed by atoms with Gasteiger partial charge in [0.25, 0.3) is 5.91 Å². The zero-order valence-corrected chi connectivity index (χ0v) is 20.2. The van der Waals surface area contributed by atoms with Crippen molar-refractivity contribution < 1.29 is 23.9 Å². The standard InChI is InChI=1S/C27H22N2O5S/c1-15-9-11-19-21(13-15)35-27(28-19)29-23(18-14-17(33-2)10-12-20(18)34-3)22(25(31)26(29)32)24(30)16-7-5-4-6-8-16/h4-14,22-23H,1-3H3. The first-order valence-electron chi connectivity index (χ1n) is 11.0. The molecule has 0 spiro atoms. The van der Waals surface area contributed by atoms with Gasteiger partial charge in [-0.25, -0.2) is 4.98 Å². The predicted octanol–water partition coefficient (Wildman–Crippen LogP) is 4.78. The number of ether oxygens (including phenoxy) is 2. The van der Waals surface area contributed by atoms with Crippen LogP contribution in [0.4, 0.5) is 5.13 Å². The first-order valence-corrected chi connectivity index (χ1v) is 11.8. The Hall–Kier alpha value is -4.04. The van der Waals surface area contributed by atoms with Gasteiger partial charge in [0.05, 0.1) is 30.5 Å². The zero-order valence-electron chi connectivity index (χ0n) is 19.3. The summed E-state index contributed by atoms with van der Waals surface area (Å²) in [4.78, 5) is 46.5. The summed E-state index contributed by atoms with van der Waals surface area (Å²) < 4.78 is 11.9. The maximum Gasteiger partial charge on any atom is 0.297 e. The molecule has 2 unspecified atom stereocenters. The summed E-state index contributed by atoms with van der Waals surface area (Å²) in [6, 6.07) is 18.5. The van der Waals surface area contributed by atoms with Crippen LogP contribution in [-0.4, -0.2) is 36.7 Å². The number of carbonyl (C=O) groups is 3. The number of aromatic nitrogens is 1. The van der Waals surface area contributed by atoms with Crippen molar-refractivity contribution in [3.05, 3.63) is 83.4 Å². The molecule has 176 valence electrons. The van der Waals surface area contributed by atoms with Gasteiger partial charge in [0.2, 0.25) is 5.78 Å². The SMILES string of the molecule is COc1ccc(OC)c(C2C(C(=O)c3ccccc3)C(=O)C(=O)N2c2nc3ccc(C)cc3s2)c1. The molecule has 1 amide bonds. The van der Waals surface area contributed by atoms with Gasteiger partial charge in [0.15, 0.2) is 10.9 Å². The van der Waals surface area contributed by atoms with E-state index < -0.39 is 29.4 Å². The van der Waals surface area contributed by atoms with Crippen LogP contribution in [0.3, 0.4) is 0 Å². The highest BCUT2D eigenvalue weighted by Crippen LogP contribution is 2.46. The third-order valence-electron chi connectivity index (χ3n) is 6.14. The number of amides is 1. The summed E-state index contributed by atoms with van der Waals surface area (Å²) >= 11 is 1.30. The molecule has 5 rings (SSSR count). The molecule has 4 aromatic rings. The number of hydrogen-bond acceptors (Lipinski definition) is 7. The average Bonchev–Trinajstić information content (AvgIpc) is 3.41. The molecule has 1 fully saturated rings. The van der Waals surface area contributed by atoms with Gasteiger partial charge in [-0.2, -0.15) is 0 Å². The van der Waals surface area contributed by atoms with Gasteiger partial charge in [0, 0.05) is 11.1 Å². The van der Waals surface area contributed by atoms with E-state index in [1.54, 1.807) is 48.5 Å². The molecule has 0 bridgehead atoms. The van der Waals surface area contributed by atoms with Crippen molar-refractivity contribution >= 4 is 44.2 Å². The second-order valence-corrected chi connectivity index (χ2v) is 9.28. The Morgan fingerprint density at radius 3 is 2.46 bits per heavy atom. The third kappa shape index (κ3) is 3.85. The van der Waals surface area contributed by atoms with Crippen molar-refractivity contribution in [1.29, 1.82) is 0 Å². The first-order chi connectivity index (χ1) is 16.9. The maximum absolute atomic E-state index is 13.6. The molecule has 0 N–H and O–H groups in total. The minimum Gasteiger partial charge on any atom is -0.497 e. The molecule has 7 nitrogen and oxygen atoms in total. The highest BCUT2D eigenvalue weighted by atomic mass is 32.1. The number of rotatable bonds is 6. The molecule has 3 aromatic carbocycles. The Bertz CT molecular complexity index is 1460. The number of fused-ring (bicyclic) bond motifs is 1. The van der Waals surface area contributed by atoms with E-state index in [9.17, 15) is 14.4 Å². The molecule has 0 aliphatic carbocycles. The molecule has 1 aliphatic rings.